The second-order valence-corrected chi connectivity index (χ2v) is 9.20. The molecule has 1 aliphatic heterocycles. The molecule has 0 unspecified atom stereocenters. The molecule has 0 aromatic heterocycles. The molecule has 0 aliphatic carbocycles. The molecule has 0 fully saturated rings. The summed E-state index contributed by atoms with van der Waals surface area (Å²) < 4.78 is 43.5. The summed E-state index contributed by atoms with van der Waals surface area (Å²) in [4.78, 5) is 12.1. The van der Waals surface area contributed by atoms with E-state index in [9.17, 15) is 13.2 Å². The Balaban J connectivity index is 1.34. The molecule has 1 amide bonds. The second kappa shape index (κ2) is 9.15. The van der Waals surface area contributed by atoms with Gasteiger partial charge in [0.2, 0.25) is 6.79 Å². The Hall–Kier alpha value is -3.14. The van der Waals surface area contributed by atoms with E-state index in [4.69, 9.17) is 37.4 Å². The highest BCUT2D eigenvalue weighted by Gasteiger charge is 2.16. The van der Waals surface area contributed by atoms with Gasteiger partial charge in [-0.15, -0.1) is 0 Å². The second-order valence-electron chi connectivity index (χ2n) is 6.64. The summed E-state index contributed by atoms with van der Waals surface area (Å²) >= 11 is 11.8. The van der Waals surface area contributed by atoms with E-state index in [2.05, 4.69) is 10.0 Å². The Bertz CT molecular complexity index is 1250. The zero-order valence-electron chi connectivity index (χ0n) is 16.3. The van der Waals surface area contributed by atoms with E-state index in [1.54, 1.807) is 18.2 Å². The van der Waals surface area contributed by atoms with Crippen molar-refractivity contribution in [2.45, 2.75) is 4.90 Å². The van der Waals surface area contributed by atoms with Crippen LogP contribution in [0.3, 0.4) is 0 Å². The number of benzene rings is 3. The van der Waals surface area contributed by atoms with E-state index in [-0.39, 0.29) is 29.9 Å². The number of hydrogen-bond donors (Lipinski definition) is 2. The quantitative estimate of drug-likeness (QED) is 0.499. The van der Waals surface area contributed by atoms with Gasteiger partial charge in [-0.3, -0.25) is 9.52 Å². The number of sulfonamides is 1. The summed E-state index contributed by atoms with van der Waals surface area (Å²) in [5, 5.41) is 3.29. The molecule has 2 N–H and O–H groups in total. The Kier molecular flexibility index (Phi) is 6.31. The summed E-state index contributed by atoms with van der Waals surface area (Å²) in [5.74, 6) is 1.10. The number of anilines is 2. The third kappa shape index (κ3) is 5.37. The van der Waals surface area contributed by atoms with E-state index in [0.29, 0.717) is 33.0 Å². The molecule has 0 bridgehead atoms. The summed E-state index contributed by atoms with van der Waals surface area (Å²) in [6.07, 6.45) is 0. The zero-order valence-corrected chi connectivity index (χ0v) is 18.6. The van der Waals surface area contributed by atoms with Gasteiger partial charge in [-0.25, -0.2) is 8.42 Å². The molecule has 4 rings (SSSR count). The van der Waals surface area contributed by atoms with Crippen LogP contribution in [0, 0.1) is 0 Å². The molecule has 32 heavy (non-hydrogen) atoms. The Morgan fingerprint density at radius 1 is 0.906 bits per heavy atom. The molecular weight excluding hydrogens is 479 g/mol. The maximum Gasteiger partial charge on any atom is 0.262 e. The van der Waals surface area contributed by atoms with Crippen molar-refractivity contribution in [2.24, 2.45) is 0 Å². The topological polar surface area (TPSA) is 103 Å². The lowest BCUT2D eigenvalue weighted by molar-refractivity contribution is -0.118. The highest BCUT2D eigenvalue weighted by atomic mass is 35.5. The van der Waals surface area contributed by atoms with Crippen LogP contribution in [-0.4, -0.2) is 27.7 Å². The van der Waals surface area contributed by atoms with Crippen molar-refractivity contribution in [1.29, 1.82) is 0 Å². The van der Waals surface area contributed by atoms with Crippen LogP contribution in [0.25, 0.3) is 0 Å². The van der Waals surface area contributed by atoms with Gasteiger partial charge in [0.1, 0.15) is 5.75 Å². The maximum atomic E-state index is 12.6. The number of carbonyl (C=O) groups excluding carboxylic acids is 1. The molecule has 0 saturated carbocycles. The number of carbonyl (C=O) groups is 1. The van der Waals surface area contributed by atoms with Crippen LogP contribution in [0.5, 0.6) is 17.2 Å². The predicted molar refractivity (Wildman–Crippen MR) is 120 cm³/mol. The van der Waals surface area contributed by atoms with Crippen molar-refractivity contribution in [3.05, 3.63) is 70.7 Å². The van der Waals surface area contributed by atoms with Crippen LogP contribution >= 0.6 is 23.2 Å². The van der Waals surface area contributed by atoms with Gasteiger partial charge in [0, 0.05) is 21.8 Å². The molecule has 3 aromatic carbocycles. The fourth-order valence-corrected chi connectivity index (χ4v) is 4.43. The average molecular weight is 495 g/mol. The summed E-state index contributed by atoms with van der Waals surface area (Å²) in [5.41, 5.74) is 0.777. The summed E-state index contributed by atoms with van der Waals surface area (Å²) in [7, 11) is -3.86. The van der Waals surface area contributed by atoms with Crippen molar-refractivity contribution in [3.63, 3.8) is 0 Å². The van der Waals surface area contributed by atoms with Gasteiger partial charge in [0.25, 0.3) is 15.9 Å². The van der Waals surface area contributed by atoms with Crippen molar-refractivity contribution in [2.75, 3.05) is 23.4 Å². The van der Waals surface area contributed by atoms with Crippen molar-refractivity contribution in [1.82, 2.24) is 0 Å². The van der Waals surface area contributed by atoms with E-state index >= 15 is 0 Å². The van der Waals surface area contributed by atoms with Gasteiger partial charge in [-0.05, 0) is 54.6 Å². The molecule has 166 valence electrons. The molecule has 1 aliphatic rings. The van der Waals surface area contributed by atoms with Crippen molar-refractivity contribution >= 4 is 50.5 Å². The Morgan fingerprint density at radius 2 is 1.59 bits per heavy atom. The first-order valence-electron chi connectivity index (χ1n) is 9.20. The molecule has 3 aromatic rings. The lowest BCUT2D eigenvalue weighted by Crippen LogP contribution is -2.20. The van der Waals surface area contributed by atoms with E-state index in [1.807, 2.05) is 0 Å². The van der Waals surface area contributed by atoms with Crippen LogP contribution < -0.4 is 24.2 Å². The molecule has 0 spiro atoms. The van der Waals surface area contributed by atoms with Crippen LogP contribution in [0.1, 0.15) is 0 Å². The number of fused-ring (bicyclic) bond motifs is 1. The number of rotatable bonds is 7. The monoisotopic (exact) mass is 494 g/mol. The molecule has 1 heterocycles. The lowest BCUT2D eigenvalue weighted by atomic mass is 10.3. The van der Waals surface area contributed by atoms with Gasteiger partial charge in [-0.1, -0.05) is 23.2 Å². The summed E-state index contributed by atoms with van der Waals surface area (Å²) in [6, 6.07) is 15.0. The average Bonchev–Trinajstić information content (AvgIpc) is 3.19. The lowest BCUT2D eigenvalue weighted by Gasteiger charge is -2.11. The van der Waals surface area contributed by atoms with Gasteiger partial charge in [0.15, 0.2) is 18.1 Å². The van der Waals surface area contributed by atoms with Gasteiger partial charge >= 0.3 is 0 Å². The third-order valence-electron chi connectivity index (χ3n) is 4.28. The fourth-order valence-electron chi connectivity index (χ4n) is 2.86. The van der Waals surface area contributed by atoms with Crippen LogP contribution in [0.15, 0.2) is 65.6 Å². The van der Waals surface area contributed by atoms with Gasteiger partial charge < -0.3 is 19.5 Å². The highest BCUT2D eigenvalue weighted by molar-refractivity contribution is 7.92. The normalized spacial score (nSPS) is 12.3. The molecule has 8 nitrogen and oxygen atoms in total. The zero-order chi connectivity index (χ0) is 22.7. The first kappa shape index (κ1) is 22.1. The molecular formula is C21H16Cl2N2O6S. The van der Waals surface area contributed by atoms with E-state index in [0.717, 1.165) is 0 Å². The Morgan fingerprint density at radius 3 is 2.31 bits per heavy atom. The first-order valence-corrected chi connectivity index (χ1v) is 11.4. The first-order chi connectivity index (χ1) is 15.3. The summed E-state index contributed by atoms with van der Waals surface area (Å²) in [6.45, 7) is -0.121. The minimum Gasteiger partial charge on any atom is -0.484 e. The standard InChI is InChI=1S/C21H16Cl2N2O6S/c22-13-7-14(23)9-16(8-13)25-32(27,28)18-4-2-17(3-5-18)29-11-21(26)24-15-1-6-19-20(10-15)31-12-30-19/h1-10,25H,11-12H2,(H,24,26). The molecule has 0 atom stereocenters. The highest BCUT2D eigenvalue weighted by Crippen LogP contribution is 2.34. The largest absolute Gasteiger partial charge is 0.484 e. The van der Waals surface area contributed by atoms with Gasteiger partial charge in [0.05, 0.1) is 10.6 Å². The van der Waals surface area contributed by atoms with Crippen molar-refractivity contribution in [3.8, 4) is 17.2 Å². The molecule has 11 heteroatoms. The van der Waals surface area contributed by atoms with E-state index in [1.165, 1.54) is 42.5 Å². The third-order valence-corrected chi connectivity index (χ3v) is 6.11. The van der Waals surface area contributed by atoms with Crippen LogP contribution in [0.2, 0.25) is 10.0 Å². The van der Waals surface area contributed by atoms with Gasteiger partial charge in [-0.2, -0.15) is 0 Å². The SMILES string of the molecule is O=C(COc1ccc(S(=O)(=O)Nc2cc(Cl)cc(Cl)c2)cc1)Nc1ccc2c(c1)OCO2. The van der Waals surface area contributed by atoms with Crippen molar-refractivity contribution < 1.29 is 27.4 Å². The number of ether oxygens (including phenoxy) is 3. The van der Waals surface area contributed by atoms with Crippen LogP contribution in [0.4, 0.5) is 11.4 Å². The van der Waals surface area contributed by atoms with Crippen LogP contribution in [-0.2, 0) is 14.8 Å². The number of halogens is 2. The number of hydrogen-bond acceptors (Lipinski definition) is 6. The fraction of sp³-hybridized carbons (Fsp3) is 0.0952. The van der Waals surface area contributed by atoms with E-state index < -0.39 is 10.0 Å². The minimum absolute atomic E-state index is 0.00533. The smallest absolute Gasteiger partial charge is 0.262 e. The maximum absolute atomic E-state index is 12.6. The Labute approximate surface area is 194 Å². The predicted octanol–water partition coefficient (Wildman–Crippen LogP) is 4.54. The minimum atomic E-state index is -3.86. The number of amides is 1. The number of nitrogens with one attached hydrogen (secondary N) is 2. The molecule has 0 radical (unpaired) electrons. The molecule has 0 saturated heterocycles.